The zero-order chi connectivity index (χ0) is 9.14. The summed E-state index contributed by atoms with van der Waals surface area (Å²) in [5, 5.41) is 0. The highest BCUT2D eigenvalue weighted by Gasteiger charge is 2.13. The molecule has 0 saturated heterocycles. The molecule has 66 valence electrons. The monoisotopic (exact) mass is 249 g/mol. The van der Waals surface area contributed by atoms with Gasteiger partial charge in [0.1, 0.15) is 0 Å². The molecule has 6 heteroatoms. The molecule has 0 bridgehead atoms. The molecule has 12 heavy (non-hydrogen) atoms. The molecule has 4 N–H and O–H groups in total. The van der Waals surface area contributed by atoms with Crippen molar-refractivity contribution in [2.75, 3.05) is 0 Å². The highest BCUT2D eigenvalue weighted by Crippen LogP contribution is 2.20. The van der Waals surface area contributed by atoms with Gasteiger partial charge >= 0.3 is 0 Å². The van der Waals surface area contributed by atoms with Crippen LogP contribution in [-0.2, 0) is 11.2 Å². The molecule has 0 aliphatic rings. The van der Waals surface area contributed by atoms with Crippen LogP contribution in [0.3, 0.4) is 0 Å². The number of hydrogen-bond donors (Lipinski definition) is 2. The second-order valence-electron chi connectivity index (χ2n) is 2.31. The average molecular weight is 250 g/mol. The molecule has 1 amide bonds. The fourth-order valence-corrected chi connectivity index (χ4v) is 1.98. The van der Waals surface area contributed by atoms with Crippen LogP contribution >= 0.6 is 27.5 Å². The van der Waals surface area contributed by atoms with E-state index >= 15 is 0 Å². The van der Waals surface area contributed by atoms with Crippen LogP contribution in [-0.4, -0.2) is 16.3 Å². The molecule has 0 aliphatic heterocycles. The summed E-state index contributed by atoms with van der Waals surface area (Å²) in [6.07, 6.45) is 2.12. The summed E-state index contributed by atoms with van der Waals surface area (Å²) in [4.78, 5) is 11.5. The van der Waals surface area contributed by atoms with Gasteiger partial charge in [-0.2, -0.15) is 4.37 Å². The molecule has 0 radical (unpaired) electrons. The Labute approximate surface area is 82.2 Å². The van der Waals surface area contributed by atoms with Crippen molar-refractivity contribution in [3.8, 4) is 0 Å². The Bertz CT molecular complexity index is 288. The van der Waals surface area contributed by atoms with Crippen molar-refractivity contribution in [1.82, 2.24) is 4.37 Å². The van der Waals surface area contributed by atoms with Crippen LogP contribution in [0.25, 0.3) is 0 Å². The summed E-state index contributed by atoms with van der Waals surface area (Å²) in [6.45, 7) is 0. The van der Waals surface area contributed by atoms with E-state index in [1.165, 1.54) is 11.5 Å². The summed E-state index contributed by atoms with van der Waals surface area (Å²) in [6, 6.07) is -0.623. The third-order valence-corrected chi connectivity index (χ3v) is 3.13. The summed E-state index contributed by atoms with van der Waals surface area (Å²) < 4.78 is 4.80. The fourth-order valence-electron chi connectivity index (χ4n) is 0.687. The Morgan fingerprint density at radius 3 is 2.92 bits per heavy atom. The SMILES string of the molecule is NC(=O)C(N)Cc1sncc1Br. The molecule has 0 spiro atoms. The highest BCUT2D eigenvalue weighted by atomic mass is 79.9. The van der Waals surface area contributed by atoms with Crippen LogP contribution in [0.4, 0.5) is 0 Å². The molecule has 1 atom stereocenters. The Morgan fingerprint density at radius 2 is 2.50 bits per heavy atom. The topological polar surface area (TPSA) is 82.0 Å². The molecule has 0 aliphatic carbocycles. The Balaban J connectivity index is 2.64. The largest absolute Gasteiger partial charge is 0.368 e. The van der Waals surface area contributed by atoms with Crippen molar-refractivity contribution < 1.29 is 4.79 Å². The minimum Gasteiger partial charge on any atom is -0.368 e. The molecule has 1 rings (SSSR count). The van der Waals surface area contributed by atoms with Gasteiger partial charge in [0.15, 0.2) is 0 Å². The third-order valence-electron chi connectivity index (χ3n) is 1.37. The second kappa shape index (κ2) is 3.97. The van der Waals surface area contributed by atoms with Crippen LogP contribution in [0, 0.1) is 0 Å². The van der Waals surface area contributed by atoms with Crippen LogP contribution in [0.2, 0.25) is 0 Å². The number of hydrogen-bond acceptors (Lipinski definition) is 4. The molecular weight excluding hydrogens is 242 g/mol. The lowest BCUT2D eigenvalue weighted by Gasteiger charge is -2.04. The summed E-state index contributed by atoms with van der Waals surface area (Å²) in [5.74, 6) is -0.490. The van der Waals surface area contributed by atoms with E-state index < -0.39 is 11.9 Å². The first-order valence-electron chi connectivity index (χ1n) is 3.25. The first-order chi connectivity index (χ1) is 5.61. The third kappa shape index (κ3) is 2.26. The van der Waals surface area contributed by atoms with Crippen LogP contribution < -0.4 is 11.5 Å². The number of nitrogens with zero attached hydrogens (tertiary/aromatic N) is 1. The quantitative estimate of drug-likeness (QED) is 0.807. The van der Waals surface area contributed by atoms with Crippen molar-refractivity contribution in [2.24, 2.45) is 11.5 Å². The number of primary amides is 1. The average Bonchev–Trinajstić information content (AvgIpc) is 2.36. The molecule has 0 fully saturated rings. The Hall–Kier alpha value is -0.460. The van der Waals surface area contributed by atoms with Gasteiger partial charge in [-0.3, -0.25) is 4.79 Å². The van der Waals surface area contributed by atoms with Crippen molar-refractivity contribution in [1.29, 1.82) is 0 Å². The molecule has 1 aromatic rings. The minimum absolute atomic E-state index is 0.445. The lowest BCUT2D eigenvalue weighted by atomic mass is 10.2. The predicted molar refractivity (Wildman–Crippen MR) is 50.7 cm³/mol. The van der Waals surface area contributed by atoms with Gasteiger partial charge in [-0.05, 0) is 27.5 Å². The summed E-state index contributed by atoms with van der Waals surface area (Å²) >= 11 is 4.59. The maximum absolute atomic E-state index is 10.6. The van der Waals surface area contributed by atoms with Gasteiger partial charge < -0.3 is 11.5 Å². The van der Waals surface area contributed by atoms with Crippen LogP contribution in [0.15, 0.2) is 10.7 Å². The van der Waals surface area contributed by atoms with Gasteiger partial charge in [0.25, 0.3) is 0 Å². The molecule has 1 aromatic heterocycles. The Morgan fingerprint density at radius 1 is 1.83 bits per heavy atom. The minimum atomic E-state index is -0.623. The highest BCUT2D eigenvalue weighted by molar-refractivity contribution is 9.10. The predicted octanol–water partition coefficient (Wildman–Crippen LogP) is 0.261. The van der Waals surface area contributed by atoms with E-state index in [4.69, 9.17) is 11.5 Å². The number of rotatable bonds is 3. The normalized spacial score (nSPS) is 12.8. The number of carbonyl (C=O) groups excluding carboxylic acids is 1. The van der Waals surface area contributed by atoms with Crippen molar-refractivity contribution >= 4 is 33.4 Å². The van der Waals surface area contributed by atoms with E-state index in [0.29, 0.717) is 6.42 Å². The van der Waals surface area contributed by atoms with Gasteiger partial charge in [-0.25, -0.2) is 0 Å². The standard InChI is InChI=1S/C6H8BrN3OS/c7-3-2-10-12-5(3)1-4(8)6(9)11/h2,4H,1,8H2,(H2,9,11). The van der Waals surface area contributed by atoms with E-state index in [1.807, 2.05) is 0 Å². The Kier molecular flexibility index (Phi) is 3.19. The van der Waals surface area contributed by atoms with Crippen molar-refractivity contribution in [2.45, 2.75) is 12.5 Å². The number of halogens is 1. The molecule has 4 nitrogen and oxygen atoms in total. The molecule has 0 saturated carbocycles. The molecule has 0 aromatic carbocycles. The molecule has 1 heterocycles. The van der Waals surface area contributed by atoms with E-state index in [2.05, 4.69) is 20.3 Å². The maximum atomic E-state index is 10.6. The van der Waals surface area contributed by atoms with Crippen molar-refractivity contribution in [3.05, 3.63) is 15.5 Å². The van der Waals surface area contributed by atoms with Gasteiger partial charge in [-0.15, -0.1) is 0 Å². The summed E-state index contributed by atoms with van der Waals surface area (Å²) in [5.41, 5.74) is 10.5. The van der Waals surface area contributed by atoms with Gasteiger partial charge in [0, 0.05) is 11.3 Å². The first-order valence-corrected chi connectivity index (χ1v) is 4.82. The zero-order valence-corrected chi connectivity index (χ0v) is 8.56. The fraction of sp³-hybridized carbons (Fsp3) is 0.333. The zero-order valence-electron chi connectivity index (χ0n) is 6.16. The van der Waals surface area contributed by atoms with Gasteiger partial charge in [0.2, 0.25) is 5.91 Å². The molecular formula is C6H8BrN3OS. The lowest BCUT2D eigenvalue weighted by molar-refractivity contribution is -0.119. The van der Waals surface area contributed by atoms with Crippen LogP contribution in [0.1, 0.15) is 4.88 Å². The lowest BCUT2D eigenvalue weighted by Crippen LogP contribution is -2.37. The van der Waals surface area contributed by atoms with Gasteiger partial charge in [-0.1, -0.05) is 0 Å². The number of aromatic nitrogens is 1. The van der Waals surface area contributed by atoms with Crippen molar-refractivity contribution in [3.63, 3.8) is 0 Å². The number of amides is 1. The van der Waals surface area contributed by atoms with Crippen LogP contribution in [0.5, 0.6) is 0 Å². The van der Waals surface area contributed by atoms with E-state index in [1.54, 1.807) is 6.20 Å². The summed E-state index contributed by atoms with van der Waals surface area (Å²) in [7, 11) is 0. The van der Waals surface area contributed by atoms with E-state index in [0.717, 1.165) is 9.35 Å². The smallest absolute Gasteiger partial charge is 0.234 e. The van der Waals surface area contributed by atoms with Gasteiger partial charge in [0.05, 0.1) is 16.7 Å². The number of carbonyl (C=O) groups is 1. The number of nitrogens with two attached hydrogens (primary N) is 2. The molecule has 1 unspecified atom stereocenters. The maximum Gasteiger partial charge on any atom is 0.234 e. The first kappa shape index (κ1) is 9.63. The van der Waals surface area contributed by atoms with E-state index in [9.17, 15) is 4.79 Å². The van der Waals surface area contributed by atoms with E-state index in [-0.39, 0.29) is 0 Å². The second-order valence-corrected chi connectivity index (χ2v) is 4.05.